The Balaban J connectivity index is 2.07. The summed E-state index contributed by atoms with van der Waals surface area (Å²) in [7, 11) is 0. The average molecular weight is 397 g/mol. The van der Waals surface area contributed by atoms with Gasteiger partial charge in [-0.2, -0.15) is 0 Å². The summed E-state index contributed by atoms with van der Waals surface area (Å²) in [6, 6.07) is 9.56. The number of halogens is 3. The van der Waals surface area contributed by atoms with Gasteiger partial charge < -0.3 is 11.1 Å². The predicted octanol–water partition coefficient (Wildman–Crippen LogP) is 2.48. The van der Waals surface area contributed by atoms with Crippen molar-refractivity contribution in [1.82, 2.24) is 5.32 Å². The highest BCUT2D eigenvalue weighted by Crippen LogP contribution is 2.14. The smallest absolute Gasteiger partial charge is 0.240 e. The summed E-state index contributed by atoms with van der Waals surface area (Å²) in [5.41, 5.74) is 5.75. The molecular weight excluding hydrogens is 382 g/mol. The standard InChI is InChI=1S/C17H15BrF2N2O2/c18-11-4-1-3-10(7-11)8-15(17(21)24)22-16(23)9-12-13(19)5-2-6-14(12)20/h1-7,15H,8-9H2,(H2,21,24)(H,22,23)/t15-/m1/s1. The minimum atomic E-state index is -0.971. The fourth-order valence-corrected chi connectivity index (χ4v) is 2.68. The van der Waals surface area contributed by atoms with E-state index in [2.05, 4.69) is 21.2 Å². The van der Waals surface area contributed by atoms with E-state index in [0.29, 0.717) is 0 Å². The van der Waals surface area contributed by atoms with Crippen LogP contribution >= 0.6 is 15.9 Å². The molecule has 0 aliphatic heterocycles. The van der Waals surface area contributed by atoms with Crippen molar-refractivity contribution < 1.29 is 18.4 Å². The summed E-state index contributed by atoms with van der Waals surface area (Å²) in [6.07, 6.45) is -0.332. The summed E-state index contributed by atoms with van der Waals surface area (Å²) in [6.45, 7) is 0. The molecule has 1 atom stereocenters. The van der Waals surface area contributed by atoms with Gasteiger partial charge in [0.25, 0.3) is 0 Å². The summed E-state index contributed by atoms with van der Waals surface area (Å²) >= 11 is 3.31. The fraction of sp³-hybridized carbons (Fsp3) is 0.176. The first-order valence-electron chi connectivity index (χ1n) is 7.13. The molecule has 2 rings (SSSR count). The lowest BCUT2D eigenvalue weighted by atomic mass is 10.0. The number of amides is 2. The summed E-state index contributed by atoms with van der Waals surface area (Å²) < 4.78 is 28.0. The van der Waals surface area contributed by atoms with Crippen LogP contribution in [0, 0.1) is 11.6 Å². The van der Waals surface area contributed by atoms with E-state index in [1.54, 1.807) is 18.2 Å². The van der Waals surface area contributed by atoms with Gasteiger partial charge in [-0.15, -0.1) is 0 Å². The Morgan fingerprint density at radius 1 is 1.12 bits per heavy atom. The van der Waals surface area contributed by atoms with E-state index in [-0.39, 0.29) is 12.0 Å². The lowest BCUT2D eigenvalue weighted by molar-refractivity contribution is -0.127. The fourth-order valence-electron chi connectivity index (χ4n) is 2.23. The lowest BCUT2D eigenvalue weighted by Crippen LogP contribution is -2.46. The summed E-state index contributed by atoms with van der Waals surface area (Å²) in [5.74, 6) is -3.03. The van der Waals surface area contributed by atoms with Crippen molar-refractivity contribution in [2.75, 3.05) is 0 Å². The largest absolute Gasteiger partial charge is 0.368 e. The Morgan fingerprint density at radius 3 is 2.33 bits per heavy atom. The first kappa shape index (κ1) is 18.1. The third-order valence-corrected chi connectivity index (χ3v) is 3.90. The number of primary amides is 1. The van der Waals surface area contributed by atoms with Gasteiger partial charge in [-0.25, -0.2) is 8.78 Å². The molecule has 0 fully saturated rings. The molecule has 0 spiro atoms. The molecule has 7 heteroatoms. The zero-order chi connectivity index (χ0) is 17.7. The zero-order valence-corrected chi connectivity index (χ0v) is 14.1. The van der Waals surface area contributed by atoms with Crippen LogP contribution in [0.2, 0.25) is 0 Å². The van der Waals surface area contributed by atoms with Crippen LogP contribution in [0.1, 0.15) is 11.1 Å². The maximum absolute atomic E-state index is 13.6. The molecule has 2 amide bonds. The SMILES string of the molecule is NC(=O)[C@@H](Cc1cccc(Br)c1)NC(=O)Cc1c(F)cccc1F. The van der Waals surface area contributed by atoms with Gasteiger partial charge >= 0.3 is 0 Å². The molecule has 0 aliphatic rings. The minimum Gasteiger partial charge on any atom is -0.368 e. The summed E-state index contributed by atoms with van der Waals surface area (Å²) in [4.78, 5) is 23.6. The van der Waals surface area contributed by atoms with Crippen molar-refractivity contribution in [3.8, 4) is 0 Å². The Bertz CT molecular complexity index is 748. The third kappa shape index (κ3) is 4.86. The second kappa shape index (κ2) is 8.01. The van der Waals surface area contributed by atoms with Crippen molar-refractivity contribution in [2.45, 2.75) is 18.9 Å². The highest BCUT2D eigenvalue weighted by molar-refractivity contribution is 9.10. The molecule has 0 aromatic heterocycles. The van der Waals surface area contributed by atoms with Gasteiger partial charge in [0.15, 0.2) is 0 Å². The molecular formula is C17H15BrF2N2O2. The quantitative estimate of drug-likeness (QED) is 0.786. The number of nitrogens with two attached hydrogens (primary N) is 1. The number of benzene rings is 2. The molecule has 0 bridgehead atoms. The van der Waals surface area contributed by atoms with Crippen LogP contribution in [-0.4, -0.2) is 17.9 Å². The minimum absolute atomic E-state index is 0.181. The number of hydrogen-bond acceptors (Lipinski definition) is 2. The van der Waals surface area contributed by atoms with E-state index in [4.69, 9.17) is 5.73 Å². The predicted molar refractivity (Wildman–Crippen MR) is 89.0 cm³/mol. The third-order valence-electron chi connectivity index (χ3n) is 3.41. The Hall–Kier alpha value is -2.28. The van der Waals surface area contributed by atoms with Crippen molar-refractivity contribution in [3.63, 3.8) is 0 Å². The number of rotatable bonds is 6. The van der Waals surface area contributed by atoms with Gasteiger partial charge in [-0.05, 0) is 29.8 Å². The Labute approximate surface area is 146 Å². The van der Waals surface area contributed by atoms with Crippen molar-refractivity contribution in [3.05, 3.63) is 69.7 Å². The van der Waals surface area contributed by atoms with Crippen LogP contribution in [0.4, 0.5) is 8.78 Å². The molecule has 24 heavy (non-hydrogen) atoms. The van der Waals surface area contributed by atoms with E-state index in [9.17, 15) is 18.4 Å². The van der Waals surface area contributed by atoms with Gasteiger partial charge in [0, 0.05) is 16.5 Å². The van der Waals surface area contributed by atoms with Gasteiger partial charge in [0.1, 0.15) is 17.7 Å². The van der Waals surface area contributed by atoms with Crippen LogP contribution in [0.15, 0.2) is 46.9 Å². The van der Waals surface area contributed by atoms with Gasteiger partial charge in [-0.1, -0.05) is 34.1 Å². The van der Waals surface area contributed by atoms with E-state index in [1.807, 2.05) is 6.07 Å². The number of hydrogen-bond donors (Lipinski definition) is 2. The van der Waals surface area contributed by atoms with Gasteiger partial charge in [0.05, 0.1) is 6.42 Å². The zero-order valence-electron chi connectivity index (χ0n) is 12.6. The molecule has 2 aromatic rings. The Morgan fingerprint density at radius 2 is 1.75 bits per heavy atom. The van der Waals surface area contributed by atoms with E-state index < -0.39 is 35.9 Å². The van der Waals surface area contributed by atoms with Crippen LogP contribution in [-0.2, 0) is 22.4 Å². The molecule has 3 N–H and O–H groups in total. The van der Waals surface area contributed by atoms with E-state index in [1.165, 1.54) is 6.07 Å². The summed E-state index contributed by atoms with van der Waals surface area (Å²) in [5, 5.41) is 2.43. The average Bonchev–Trinajstić information content (AvgIpc) is 2.50. The van der Waals surface area contributed by atoms with Gasteiger partial charge in [0.2, 0.25) is 11.8 Å². The first-order chi connectivity index (χ1) is 11.4. The second-order valence-electron chi connectivity index (χ2n) is 5.23. The van der Waals surface area contributed by atoms with Crippen LogP contribution in [0.3, 0.4) is 0 Å². The van der Waals surface area contributed by atoms with Crippen molar-refractivity contribution >= 4 is 27.7 Å². The van der Waals surface area contributed by atoms with Crippen LogP contribution in [0.25, 0.3) is 0 Å². The van der Waals surface area contributed by atoms with Crippen molar-refractivity contribution in [2.24, 2.45) is 5.73 Å². The molecule has 4 nitrogen and oxygen atoms in total. The van der Waals surface area contributed by atoms with Crippen LogP contribution < -0.4 is 11.1 Å². The molecule has 126 valence electrons. The normalized spacial score (nSPS) is 11.8. The molecule has 0 aliphatic carbocycles. The lowest BCUT2D eigenvalue weighted by Gasteiger charge is -2.16. The van der Waals surface area contributed by atoms with Gasteiger partial charge in [-0.3, -0.25) is 9.59 Å². The second-order valence-corrected chi connectivity index (χ2v) is 6.15. The first-order valence-corrected chi connectivity index (χ1v) is 7.92. The number of nitrogens with one attached hydrogen (secondary N) is 1. The number of carbonyl (C=O) groups is 2. The Kier molecular flexibility index (Phi) is 6.03. The molecule has 2 aromatic carbocycles. The monoisotopic (exact) mass is 396 g/mol. The maximum atomic E-state index is 13.6. The van der Waals surface area contributed by atoms with Crippen molar-refractivity contribution in [1.29, 1.82) is 0 Å². The topological polar surface area (TPSA) is 72.2 Å². The maximum Gasteiger partial charge on any atom is 0.240 e. The highest BCUT2D eigenvalue weighted by Gasteiger charge is 2.20. The number of carbonyl (C=O) groups excluding carboxylic acids is 2. The van der Waals surface area contributed by atoms with E-state index in [0.717, 1.165) is 22.2 Å². The van der Waals surface area contributed by atoms with E-state index >= 15 is 0 Å². The van der Waals surface area contributed by atoms with Crippen LogP contribution in [0.5, 0.6) is 0 Å². The highest BCUT2D eigenvalue weighted by atomic mass is 79.9. The molecule has 0 heterocycles. The molecule has 0 saturated heterocycles. The molecule has 0 unspecified atom stereocenters. The molecule has 0 radical (unpaired) electrons. The molecule has 0 saturated carbocycles.